The largest absolute Gasteiger partial charge is 0.495 e. The molecule has 1 amide bonds. The van der Waals surface area contributed by atoms with Crippen molar-refractivity contribution in [3.05, 3.63) is 24.0 Å². The van der Waals surface area contributed by atoms with Gasteiger partial charge in [0.15, 0.2) is 0 Å². The number of sulfonamides is 1. The topological polar surface area (TPSA) is 84.9 Å². The summed E-state index contributed by atoms with van der Waals surface area (Å²) in [6, 6.07) is 3.39. The molecule has 1 saturated heterocycles. The van der Waals surface area contributed by atoms with Crippen LogP contribution >= 0.6 is 0 Å². The number of hydrogen-bond acceptors (Lipinski definition) is 5. The molecule has 140 valence electrons. The van der Waals surface area contributed by atoms with Crippen LogP contribution in [0.4, 0.5) is 4.39 Å². The third-order valence-corrected chi connectivity index (χ3v) is 6.09. The molecule has 1 aliphatic heterocycles. The van der Waals surface area contributed by atoms with Gasteiger partial charge in [-0.15, -0.1) is 0 Å². The fourth-order valence-corrected chi connectivity index (χ4v) is 4.41. The quantitative estimate of drug-likeness (QED) is 0.720. The maximum Gasteiger partial charge on any atom is 0.246 e. The van der Waals surface area contributed by atoms with E-state index in [1.54, 1.807) is 7.11 Å². The highest BCUT2D eigenvalue weighted by molar-refractivity contribution is 7.89. The van der Waals surface area contributed by atoms with E-state index in [1.165, 1.54) is 17.5 Å². The van der Waals surface area contributed by atoms with Crippen LogP contribution < -0.4 is 10.1 Å². The van der Waals surface area contributed by atoms with E-state index in [9.17, 15) is 17.6 Å². The van der Waals surface area contributed by atoms with E-state index in [0.29, 0.717) is 26.0 Å². The van der Waals surface area contributed by atoms with Crippen LogP contribution in [0.5, 0.6) is 5.75 Å². The van der Waals surface area contributed by atoms with Crippen molar-refractivity contribution in [2.24, 2.45) is 5.92 Å². The van der Waals surface area contributed by atoms with Crippen molar-refractivity contribution in [3.63, 3.8) is 0 Å². The molecule has 7 nitrogen and oxygen atoms in total. The van der Waals surface area contributed by atoms with Crippen LogP contribution in [0.15, 0.2) is 23.1 Å². The highest BCUT2D eigenvalue weighted by atomic mass is 32.2. The molecule has 1 N–H and O–H groups in total. The van der Waals surface area contributed by atoms with Gasteiger partial charge in [-0.2, -0.15) is 4.31 Å². The SMILES string of the molecule is COCCNC(=O)C1CCN(S(=O)(=O)c2cc(F)ccc2OC)CC1. The van der Waals surface area contributed by atoms with Crippen molar-refractivity contribution in [2.45, 2.75) is 17.7 Å². The van der Waals surface area contributed by atoms with E-state index in [-0.39, 0.29) is 35.6 Å². The van der Waals surface area contributed by atoms with Gasteiger partial charge in [0.1, 0.15) is 16.5 Å². The average Bonchev–Trinajstić information content (AvgIpc) is 2.62. The average molecular weight is 374 g/mol. The number of carbonyl (C=O) groups is 1. The van der Waals surface area contributed by atoms with Gasteiger partial charge in [0.05, 0.1) is 13.7 Å². The summed E-state index contributed by atoms with van der Waals surface area (Å²) in [5.41, 5.74) is 0. The second-order valence-corrected chi connectivity index (χ2v) is 7.66. The number of carbonyl (C=O) groups excluding carboxylic acids is 1. The Morgan fingerprint density at radius 1 is 1.32 bits per heavy atom. The molecule has 0 spiro atoms. The van der Waals surface area contributed by atoms with Crippen LogP contribution in [-0.4, -0.2) is 59.1 Å². The third-order valence-electron chi connectivity index (χ3n) is 4.17. The molecule has 25 heavy (non-hydrogen) atoms. The summed E-state index contributed by atoms with van der Waals surface area (Å²) in [6.45, 7) is 1.25. The molecule has 0 aromatic heterocycles. The lowest BCUT2D eigenvalue weighted by atomic mass is 9.97. The molecule has 0 aliphatic carbocycles. The molecule has 0 saturated carbocycles. The Hall–Kier alpha value is -1.71. The van der Waals surface area contributed by atoms with Gasteiger partial charge < -0.3 is 14.8 Å². The lowest BCUT2D eigenvalue weighted by Gasteiger charge is -2.30. The number of nitrogens with one attached hydrogen (secondary N) is 1. The minimum Gasteiger partial charge on any atom is -0.495 e. The number of piperidine rings is 1. The normalized spacial score (nSPS) is 16.6. The van der Waals surface area contributed by atoms with E-state index in [2.05, 4.69) is 5.32 Å². The maximum atomic E-state index is 13.5. The van der Waals surface area contributed by atoms with Gasteiger partial charge in [-0.3, -0.25) is 4.79 Å². The number of hydrogen-bond donors (Lipinski definition) is 1. The van der Waals surface area contributed by atoms with Gasteiger partial charge >= 0.3 is 0 Å². The lowest BCUT2D eigenvalue weighted by molar-refractivity contribution is -0.126. The summed E-state index contributed by atoms with van der Waals surface area (Å²) < 4.78 is 50.2. The molecule has 9 heteroatoms. The first-order chi connectivity index (χ1) is 11.9. The van der Waals surface area contributed by atoms with Crippen LogP contribution in [0.2, 0.25) is 0 Å². The van der Waals surface area contributed by atoms with Crippen molar-refractivity contribution < 1.29 is 27.1 Å². The number of ether oxygens (including phenoxy) is 2. The Kier molecular flexibility index (Phi) is 6.74. The van der Waals surface area contributed by atoms with Crippen molar-refractivity contribution >= 4 is 15.9 Å². The molecular weight excluding hydrogens is 351 g/mol. The molecule has 0 unspecified atom stereocenters. The monoisotopic (exact) mass is 374 g/mol. The second-order valence-electron chi connectivity index (χ2n) is 5.76. The summed E-state index contributed by atoms with van der Waals surface area (Å²) in [7, 11) is -0.993. The van der Waals surface area contributed by atoms with E-state index >= 15 is 0 Å². The fourth-order valence-electron chi connectivity index (χ4n) is 2.77. The maximum absolute atomic E-state index is 13.5. The van der Waals surface area contributed by atoms with Crippen molar-refractivity contribution in [1.82, 2.24) is 9.62 Å². The molecule has 0 atom stereocenters. The first-order valence-corrected chi connectivity index (χ1v) is 9.44. The van der Waals surface area contributed by atoms with Crippen molar-refractivity contribution in [1.29, 1.82) is 0 Å². The Bertz CT molecular complexity index is 702. The van der Waals surface area contributed by atoms with Gasteiger partial charge in [0.25, 0.3) is 0 Å². The minimum absolute atomic E-state index is 0.0980. The third kappa shape index (κ3) is 4.68. The molecular formula is C16H23FN2O5S. The number of benzene rings is 1. The standard InChI is InChI=1S/C16H23FN2O5S/c1-23-10-7-18-16(20)12-5-8-19(9-6-12)25(21,22)15-11-13(17)3-4-14(15)24-2/h3-4,11-12H,5-10H2,1-2H3,(H,18,20). The summed E-state index contributed by atoms with van der Waals surface area (Å²) >= 11 is 0. The molecule has 0 bridgehead atoms. The Labute approximate surface area is 147 Å². The number of nitrogens with zero attached hydrogens (tertiary/aromatic N) is 1. The Morgan fingerprint density at radius 3 is 2.60 bits per heavy atom. The molecule has 0 radical (unpaired) electrons. The summed E-state index contributed by atoms with van der Waals surface area (Å²) in [5.74, 6) is -0.886. The number of halogens is 1. The smallest absolute Gasteiger partial charge is 0.246 e. The van der Waals surface area contributed by atoms with Gasteiger partial charge in [0, 0.05) is 32.7 Å². The second kappa shape index (κ2) is 8.59. The Balaban J connectivity index is 2.04. The highest BCUT2D eigenvalue weighted by Gasteiger charge is 2.33. The van der Waals surface area contributed by atoms with E-state index < -0.39 is 15.8 Å². The Morgan fingerprint density at radius 2 is 2.00 bits per heavy atom. The minimum atomic E-state index is -3.88. The summed E-state index contributed by atoms with van der Waals surface area (Å²) in [6.07, 6.45) is 0.825. The van der Waals surface area contributed by atoms with E-state index in [0.717, 1.165) is 12.1 Å². The number of amides is 1. The summed E-state index contributed by atoms with van der Waals surface area (Å²) in [5, 5.41) is 2.76. The van der Waals surface area contributed by atoms with Crippen LogP contribution in [0, 0.1) is 11.7 Å². The first kappa shape index (κ1) is 19.6. The van der Waals surface area contributed by atoms with Crippen LogP contribution in [0.1, 0.15) is 12.8 Å². The predicted molar refractivity (Wildman–Crippen MR) is 89.3 cm³/mol. The molecule has 1 aliphatic rings. The molecule has 1 fully saturated rings. The molecule has 1 aromatic carbocycles. The van der Waals surface area contributed by atoms with Crippen molar-refractivity contribution in [2.75, 3.05) is 40.5 Å². The molecule has 1 heterocycles. The summed E-state index contributed by atoms with van der Waals surface area (Å²) in [4.78, 5) is 11.8. The van der Waals surface area contributed by atoms with E-state index in [1.807, 2.05) is 0 Å². The predicted octanol–water partition coefficient (Wildman–Crippen LogP) is 0.998. The van der Waals surface area contributed by atoms with E-state index in [4.69, 9.17) is 9.47 Å². The lowest BCUT2D eigenvalue weighted by Crippen LogP contribution is -2.43. The number of rotatable bonds is 7. The molecule has 2 rings (SSSR count). The van der Waals surface area contributed by atoms with Crippen molar-refractivity contribution in [3.8, 4) is 5.75 Å². The first-order valence-electron chi connectivity index (χ1n) is 8.00. The zero-order valence-corrected chi connectivity index (χ0v) is 15.1. The van der Waals surface area contributed by atoms with Crippen LogP contribution in [0.25, 0.3) is 0 Å². The zero-order chi connectivity index (χ0) is 18.4. The van der Waals surface area contributed by atoms with Gasteiger partial charge in [-0.25, -0.2) is 12.8 Å². The van der Waals surface area contributed by atoms with Crippen LogP contribution in [-0.2, 0) is 19.6 Å². The number of methoxy groups -OCH3 is 2. The van der Waals surface area contributed by atoms with Gasteiger partial charge in [-0.1, -0.05) is 0 Å². The zero-order valence-electron chi connectivity index (χ0n) is 14.3. The van der Waals surface area contributed by atoms with Crippen LogP contribution in [0.3, 0.4) is 0 Å². The fraction of sp³-hybridized carbons (Fsp3) is 0.562. The van der Waals surface area contributed by atoms with Gasteiger partial charge in [-0.05, 0) is 31.0 Å². The highest BCUT2D eigenvalue weighted by Crippen LogP contribution is 2.30. The molecule has 1 aromatic rings. The van der Waals surface area contributed by atoms with Gasteiger partial charge in [0.2, 0.25) is 15.9 Å².